The first-order chi connectivity index (χ1) is 16.0. The summed E-state index contributed by atoms with van der Waals surface area (Å²) in [5.41, 5.74) is 0.969. The minimum Gasteiger partial charge on any atom is -0.497 e. The number of unbranched alkanes of at least 4 members (excludes halogenated alkanes) is 2. The zero-order chi connectivity index (χ0) is 24.1. The van der Waals surface area contributed by atoms with Crippen LogP contribution in [0.4, 0.5) is 0 Å². The van der Waals surface area contributed by atoms with E-state index in [0.29, 0.717) is 53.9 Å². The van der Waals surface area contributed by atoms with Crippen LogP contribution in [0.3, 0.4) is 0 Å². The molecule has 8 nitrogen and oxygen atoms in total. The molecule has 0 saturated carbocycles. The van der Waals surface area contributed by atoms with Crippen molar-refractivity contribution in [3.63, 3.8) is 0 Å². The summed E-state index contributed by atoms with van der Waals surface area (Å²) in [4.78, 5) is 28.3. The van der Waals surface area contributed by atoms with Crippen LogP contribution in [-0.4, -0.2) is 51.3 Å². The Morgan fingerprint density at radius 3 is 2.38 bits per heavy atom. The van der Waals surface area contributed by atoms with E-state index in [1.165, 1.54) is 20.3 Å². The third kappa shape index (κ3) is 8.94. The first-order valence-corrected chi connectivity index (χ1v) is 10.8. The molecule has 0 radical (unpaired) electrons. The number of ether oxygens (including phenoxy) is 5. The van der Waals surface area contributed by atoms with Crippen LogP contribution in [0.5, 0.6) is 23.0 Å². The van der Waals surface area contributed by atoms with Crippen LogP contribution >= 0.6 is 12.4 Å². The Hall–Kier alpha value is -3.26. The van der Waals surface area contributed by atoms with Gasteiger partial charge in [0, 0.05) is 18.6 Å². The van der Waals surface area contributed by atoms with E-state index in [0.717, 1.165) is 19.3 Å². The van der Waals surface area contributed by atoms with Crippen LogP contribution in [0.1, 0.15) is 48.7 Å². The lowest BCUT2D eigenvalue weighted by Crippen LogP contribution is -2.04. The largest absolute Gasteiger partial charge is 0.497 e. The lowest BCUT2D eigenvalue weighted by molar-refractivity contribution is -0.143. The van der Waals surface area contributed by atoms with Gasteiger partial charge >= 0.3 is 5.97 Å². The van der Waals surface area contributed by atoms with E-state index in [-0.39, 0.29) is 24.2 Å². The Balaban J connectivity index is 0.00000578. The maximum Gasteiger partial charge on any atom is 0.305 e. The molecule has 0 aliphatic carbocycles. The Morgan fingerprint density at radius 2 is 1.71 bits per heavy atom. The summed E-state index contributed by atoms with van der Waals surface area (Å²) in [5.74, 6) is 1.67. The molecule has 0 amide bonds. The van der Waals surface area contributed by atoms with Gasteiger partial charge in [0.1, 0.15) is 11.5 Å². The summed E-state index contributed by atoms with van der Waals surface area (Å²) >= 11 is 0. The molecule has 0 spiro atoms. The monoisotopic (exact) mass is 493 g/mol. The van der Waals surface area contributed by atoms with Crippen molar-refractivity contribution in [1.82, 2.24) is 4.98 Å². The number of esters is 1. The van der Waals surface area contributed by atoms with E-state index in [4.69, 9.17) is 23.7 Å². The Bertz CT molecular complexity index is 962. The molecule has 0 bridgehead atoms. The van der Waals surface area contributed by atoms with E-state index in [1.807, 2.05) is 0 Å². The molecule has 9 heteroatoms. The maximum atomic E-state index is 12.6. The summed E-state index contributed by atoms with van der Waals surface area (Å²) in [7, 11) is 4.59. The van der Waals surface area contributed by atoms with Crippen molar-refractivity contribution in [3.8, 4) is 23.0 Å². The second-order valence-corrected chi connectivity index (χ2v) is 6.99. The standard InChI is InChI=1S/C25H31NO7.ClH/c1-5-32-25(28)9-7-6-8-14-33-23-15-18(26-17-24(23)31-4)10-13-21(27)20-12-11-19(29-2)16-22(20)30-3;/h10-13,15-17H,5-9,14H2,1-4H3;1H. The van der Waals surface area contributed by atoms with Gasteiger partial charge in [-0.05, 0) is 50.5 Å². The molecule has 2 rings (SSSR count). The number of pyridine rings is 1. The number of hydrogen-bond acceptors (Lipinski definition) is 8. The van der Waals surface area contributed by atoms with E-state index < -0.39 is 0 Å². The molecule has 186 valence electrons. The van der Waals surface area contributed by atoms with Crippen LogP contribution in [0, 0.1) is 0 Å². The van der Waals surface area contributed by atoms with E-state index in [9.17, 15) is 9.59 Å². The predicted octanol–water partition coefficient (Wildman–Crippen LogP) is 4.93. The number of aromatic nitrogens is 1. The molecule has 1 heterocycles. The van der Waals surface area contributed by atoms with Crippen molar-refractivity contribution in [2.24, 2.45) is 0 Å². The molecule has 0 saturated heterocycles. The highest BCUT2D eigenvalue weighted by Crippen LogP contribution is 2.28. The lowest BCUT2D eigenvalue weighted by Gasteiger charge is -2.11. The SMILES string of the molecule is CCOC(=O)CCCCCOc1cc(C=CC(=O)c2ccc(OC)cc2OC)ncc1OC.Cl. The molecule has 0 N–H and O–H groups in total. The van der Waals surface area contributed by atoms with Gasteiger partial charge in [0.05, 0.1) is 52.0 Å². The van der Waals surface area contributed by atoms with Crippen molar-refractivity contribution >= 4 is 30.2 Å². The third-order valence-corrected chi connectivity index (χ3v) is 4.74. The molecular weight excluding hydrogens is 462 g/mol. The summed E-state index contributed by atoms with van der Waals surface area (Å²) in [6.45, 7) is 2.66. The van der Waals surface area contributed by atoms with Gasteiger partial charge in [0.2, 0.25) is 0 Å². The molecule has 1 aromatic carbocycles. The van der Waals surface area contributed by atoms with Crippen LogP contribution in [0.2, 0.25) is 0 Å². The molecule has 1 aromatic heterocycles. The number of nitrogens with zero attached hydrogens (tertiary/aromatic N) is 1. The summed E-state index contributed by atoms with van der Waals surface area (Å²) < 4.78 is 26.5. The summed E-state index contributed by atoms with van der Waals surface area (Å²) in [6.07, 6.45) is 7.38. The predicted molar refractivity (Wildman–Crippen MR) is 132 cm³/mol. The maximum absolute atomic E-state index is 12.6. The topological polar surface area (TPSA) is 93.2 Å². The second-order valence-electron chi connectivity index (χ2n) is 6.99. The zero-order valence-corrected chi connectivity index (χ0v) is 20.8. The van der Waals surface area contributed by atoms with E-state index >= 15 is 0 Å². The second kappa shape index (κ2) is 15.6. The van der Waals surface area contributed by atoms with Crippen molar-refractivity contribution in [1.29, 1.82) is 0 Å². The molecule has 0 unspecified atom stereocenters. The molecule has 2 aromatic rings. The Kier molecular flexibility index (Phi) is 13.2. The number of benzene rings is 1. The van der Waals surface area contributed by atoms with Gasteiger partial charge in [-0.3, -0.25) is 14.6 Å². The van der Waals surface area contributed by atoms with E-state index in [1.54, 1.807) is 50.6 Å². The van der Waals surface area contributed by atoms with Crippen LogP contribution in [0.25, 0.3) is 6.08 Å². The highest BCUT2D eigenvalue weighted by Gasteiger charge is 2.12. The van der Waals surface area contributed by atoms with Gasteiger partial charge in [0.15, 0.2) is 17.3 Å². The number of halogens is 1. The summed E-state index contributed by atoms with van der Waals surface area (Å²) in [6, 6.07) is 6.73. The van der Waals surface area contributed by atoms with Crippen molar-refractivity contribution in [2.45, 2.75) is 32.6 Å². The molecule has 34 heavy (non-hydrogen) atoms. The Labute approximate surface area is 206 Å². The van der Waals surface area contributed by atoms with Gasteiger partial charge in [-0.25, -0.2) is 0 Å². The molecule has 0 atom stereocenters. The third-order valence-electron chi connectivity index (χ3n) is 4.74. The number of rotatable bonds is 14. The van der Waals surface area contributed by atoms with Gasteiger partial charge in [-0.15, -0.1) is 12.4 Å². The van der Waals surface area contributed by atoms with Crippen LogP contribution in [-0.2, 0) is 9.53 Å². The highest BCUT2D eigenvalue weighted by atomic mass is 35.5. The van der Waals surface area contributed by atoms with Gasteiger partial charge in [0.25, 0.3) is 0 Å². The summed E-state index contributed by atoms with van der Waals surface area (Å²) in [5, 5.41) is 0. The van der Waals surface area contributed by atoms with Crippen molar-refractivity contribution < 1.29 is 33.3 Å². The molecule has 0 fully saturated rings. The fourth-order valence-corrected chi connectivity index (χ4v) is 3.01. The van der Waals surface area contributed by atoms with Gasteiger partial charge in [-0.2, -0.15) is 0 Å². The van der Waals surface area contributed by atoms with E-state index in [2.05, 4.69) is 4.98 Å². The first kappa shape index (κ1) is 28.8. The average molecular weight is 494 g/mol. The fraction of sp³-hybridized carbons (Fsp3) is 0.400. The van der Waals surface area contributed by atoms with Crippen LogP contribution in [0.15, 0.2) is 36.5 Å². The lowest BCUT2D eigenvalue weighted by atomic mass is 10.1. The Morgan fingerprint density at radius 1 is 0.941 bits per heavy atom. The molecular formula is C25H32ClNO7. The normalized spacial score (nSPS) is 10.4. The minimum atomic E-state index is -0.226. The number of hydrogen-bond donors (Lipinski definition) is 0. The minimum absolute atomic E-state index is 0. The molecule has 0 aliphatic rings. The number of methoxy groups -OCH3 is 3. The first-order valence-electron chi connectivity index (χ1n) is 10.8. The van der Waals surface area contributed by atoms with Gasteiger partial charge < -0.3 is 23.7 Å². The van der Waals surface area contributed by atoms with Crippen molar-refractivity contribution in [2.75, 3.05) is 34.5 Å². The van der Waals surface area contributed by atoms with Gasteiger partial charge in [-0.1, -0.05) is 0 Å². The number of carbonyl (C=O) groups excluding carboxylic acids is 2. The number of carbonyl (C=O) groups is 2. The number of allylic oxidation sites excluding steroid dienone is 1. The zero-order valence-electron chi connectivity index (χ0n) is 20.0. The quantitative estimate of drug-likeness (QED) is 0.158. The van der Waals surface area contributed by atoms with Crippen LogP contribution < -0.4 is 18.9 Å². The fourth-order valence-electron chi connectivity index (χ4n) is 3.01. The molecule has 0 aliphatic heterocycles. The average Bonchev–Trinajstić information content (AvgIpc) is 2.84. The highest BCUT2D eigenvalue weighted by molar-refractivity contribution is 6.08. The number of ketones is 1. The van der Waals surface area contributed by atoms with Crippen molar-refractivity contribution in [3.05, 3.63) is 47.8 Å². The smallest absolute Gasteiger partial charge is 0.305 e.